The molecule has 0 saturated carbocycles. The third-order valence-corrected chi connectivity index (χ3v) is 5.79. The standard InChI is InChI=1S/C12H17FIN3O2S/c13-9-4-5-12(11(14)7-9)16-20(18,19)17-6-2-1-3-10(17)8-15/h4-5,7,10,16H,1-3,6,8,15H2. The summed E-state index contributed by atoms with van der Waals surface area (Å²) in [6.45, 7) is 0.774. The van der Waals surface area contributed by atoms with Gasteiger partial charge < -0.3 is 5.73 Å². The molecule has 1 unspecified atom stereocenters. The summed E-state index contributed by atoms with van der Waals surface area (Å²) in [4.78, 5) is 0. The first-order valence-corrected chi connectivity index (χ1v) is 8.90. The van der Waals surface area contributed by atoms with E-state index in [0.717, 1.165) is 19.3 Å². The highest BCUT2D eigenvalue weighted by molar-refractivity contribution is 14.1. The van der Waals surface area contributed by atoms with E-state index >= 15 is 0 Å². The second-order valence-corrected chi connectivity index (χ2v) is 7.51. The summed E-state index contributed by atoms with van der Waals surface area (Å²) in [5, 5.41) is 0. The van der Waals surface area contributed by atoms with Crippen LogP contribution in [0.15, 0.2) is 18.2 Å². The molecule has 8 heteroatoms. The zero-order valence-electron chi connectivity index (χ0n) is 10.9. The van der Waals surface area contributed by atoms with E-state index < -0.39 is 16.0 Å². The van der Waals surface area contributed by atoms with Crippen LogP contribution in [0.25, 0.3) is 0 Å². The van der Waals surface area contributed by atoms with Crippen molar-refractivity contribution in [3.8, 4) is 0 Å². The van der Waals surface area contributed by atoms with Crippen LogP contribution in [0.3, 0.4) is 0 Å². The number of nitrogens with two attached hydrogens (primary N) is 1. The average Bonchev–Trinajstić information content (AvgIpc) is 2.42. The van der Waals surface area contributed by atoms with Crippen LogP contribution in [-0.4, -0.2) is 31.9 Å². The van der Waals surface area contributed by atoms with Gasteiger partial charge in [-0.15, -0.1) is 0 Å². The molecule has 1 aliphatic heterocycles. The van der Waals surface area contributed by atoms with Gasteiger partial charge in [0.2, 0.25) is 0 Å². The number of piperidine rings is 1. The number of halogens is 2. The molecule has 1 aliphatic rings. The number of hydrogen-bond donors (Lipinski definition) is 2. The van der Waals surface area contributed by atoms with Gasteiger partial charge in [0, 0.05) is 22.7 Å². The maximum atomic E-state index is 13.0. The zero-order valence-corrected chi connectivity index (χ0v) is 13.8. The van der Waals surface area contributed by atoms with Crippen LogP contribution in [-0.2, 0) is 10.2 Å². The Bertz CT molecular complexity index is 582. The minimum absolute atomic E-state index is 0.167. The van der Waals surface area contributed by atoms with E-state index in [-0.39, 0.29) is 6.04 Å². The Hall–Kier alpha value is -0.450. The molecule has 20 heavy (non-hydrogen) atoms. The van der Waals surface area contributed by atoms with Crippen molar-refractivity contribution < 1.29 is 12.8 Å². The van der Waals surface area contributed by atoms with Crippen molar-refractivity contribution in [2.75, 3.05) is 17.8 Å². The molecule has 1 fully saturated rings. The van der Waals surface area contributed by atoms with Gasteiger partial charge in [0.25, 0.3) is 0 Å². The second kappa shape index (κ2) is 6.54. The topological polar surface area (TPSA) is 75.4 Å². The second-order valence-electron chi connectivity index (χ2n) is 4.73. The van der Waals surface area contributed by atoms with E-state index in [1.807, 2.05) is 22.6 Å². The fraction of sp³-hybridized carbons (Fsp3) is 0.500. The molecule has 112 valence electrons. The Balaban J connectivity index is 2.21. The summed E-state index contributed by atoms with van der Waals surface area (Å²) in [7, 11) is -3.66. The lowest BCUT2D eigenvalue weighted by molar-refractivity contribution is 0.259. The molecule has 0 bridgehead atoms. The fourth-order valence-corrected chi connectivity index (χ4v) is 4.62. The van der Waals surface area contributed by atoms with Crippen LogP contribution in [0.1, 0.15) is 19.3 Å². The maximum absolute atomic E-state index is 13.0. The van der Waals surface area contributed by atoms with E-state index in [1.165, 1.54) is 22.5 Å². The van der Waals surface area contributed by atoms with Crippen molar-refractivity contribution in [1.29, 1.82) is 0 Å². The van der Waals surface area contributed by atoms with E-state index in [2.05, 4.69) is 4.72 Å². The highest BCUT2D eigenvalue weighted by Gasteiger charge is 2.31. The lowest BCUT2D eigenvalue weighted by Gasteiger charge is -2.33. The third kappa shape index (κ3) is 3.60. The van der Waals surface area contributed by atoms with Crippen molar-refractivity contribution in [3.05, 3.63) is 27.6 Å². The average molecular weight is 413 g/mol. The van der Waals surface area contributed by atoms with Gasteiger partial charge in [0.1, 0.15) is 5.82 Å². The molecular formula is C12H17FIN3O2S. The van der Waals surface area contributed by atoms with Crippen LogP contribution < -0.4 is 10.5 Å². The minimum Gasteiger partial charge on any atom is -0.329 e. The number of hydrogen-bond acceptors (Lipinski definition) is 3. The van der Waals surface area contributed by atoms with Gasteiger partial charge in [0.15, 0.2) is 0 Å². The van der Waals surface area contributed by atoms with Gasteiger partial charge in [-0.1, -0.05) is 6.42 Å². The van der Waals surface area contributed by atoms with Gasteiger partial charge in [-0.3, -0.25) is 4.72 Å². The molecule has 3 N–H and O–H groups in total. The molecule has 0 aliphatic carbocycles. The van der Waals surface area contributed by atoms with E-state index in [1.54, 1.807) is 0 Å². The molecule has 5 nitrogen and oxygen atoms in total. The predicted octanol–water partition coefficient (Wildman–Crippen LogP) is 1.90. The lowest BCUT2D eigenvalue weighted by Crippen LogP contribution is -2.49. The van der Waals surface area contributed by atoms with Crippen molar-refractivity contribution in [2.45, 2.75) is 25.3 Å². The zero-order chi connectivity index (χ0) is 14.8. The van der Waals surface area contributed by atoms with Crippen LogP contribution >= 0.6 is 22.6 Å². The first-order valence-electron chi connectivity index (χ1n) is 6.39. The fourth-order valence-electron chi connectivity index (χ4n) is 2.30. The molecule has 0 radical (unpaired) electrons. The molecule has 0 aromatic heterocycles. The number of anilines is 1. The molecule has 0 spiro atoms. The maximum Gasteiger partial charge on any atom is 0.301 e. The van der Waals surface area contributed by atoms with Crippen LogP contribution in [0.5, 0.6) is 0 Å². The highest BCUT2D eigenvalue weighted by atomic mass is 127. The number of benzene rings is 1. The Labute approximate surface area is 132 Å². The predicted molar refractivity (Wildman–Crippen MR) is 85.1 cm³/mol. The molecule has 1 aromatic carbocycles. The summed E-state index contributed by atoms with van der Waals surface area (Å²) in [6.07, 6.45) is 2.60. The smallest absolute Gasteiger partial charge is 0.301 e. The van der Waals surface area contributed by atoms with E-state index in [4.69, 9.17) is 5.73 Å². The Kier molecular flexibility index (Phi) is 5.21. The van der Waals surface area contributed by atoms with Gasteiger partial charge in [0.05, 0.1) is 5.69 Å². The quantitative estimate of drug-likeness (QED) is 0.741. The Morgan fingerprint density at radius 3 is 2.85 bits per heavy atom. The molecule has 1 atom stereocenters. The molecule has 2 rings (SSSR count). The van der Waals surface area contributed by atoms with Crippen molar-refractivity contribution in [1.82, 2.24) is 4.31 Å². The van der Waals surface area contributed by atoms with Gasteiger partial charge in [-0.2, -0.15) is 12.7 Å². The lowest BCUT2D eigenvalue weighted by atomic mass is 10.1. The van der Waals surface area contributed by atoms with Crippen LogP contribution in [0, 0.1) is 9.39 Å². The van der Waals surface area contributed by atoms with Crippen LogP contribution in [0.2, 0.25) is 0 Å². The third-order valence-electron chi connectivity index (χ3n) is 3.32. The molecule has 1 heterocycles. The van der Waals surface area contributed by atoms with Gasteiger partial charge >= 0.3 is 10.2 Å². The summed E-state index contributed by atoms with van der Waals surface area (Å²) in [5.74, 6) is -0.393. The van der Waals surface area contributed by atoms with Gasteiger partial charge in [-0.25, -0.2) is 4.39 Å². The molecular weight excluding hydrogens is 396 g/mol. The Morgan fingerprint density at radius 1 is 1.45 bits per heavy atom. The van der Waals surface area contributed by atoms with E-state index in [9.17, 15) is 12.8 Å². The van der Waals surface area contributed by atoms with Crippen molar-refractivity contribution in [3.63, 3.8) is 0 Å². The summed E-state index contributed by atoms with van der Waals surface area (Å²) < 4.78 is 42.3. The Morgan fingerprint density at radius 2 is 2.20 bits per heavy atom. The first kappa shape index (κ1) is 15.9. The number of nitrogens with zero attached hydrogens (tertiary/aromatic N) is 1. The van der Waals surface area contributed by atoms with Gasteiger partial charge in [-0.05, 0) is 53.6 Å². The molecule has 1 aromatic rings. The number of nitrogens with one attached hydrogen (secondary N) is 1. The molecule has 0 amide bonds. The normalized spacial score (nSPS) is 20.9. The summed E-state index contributed by atoms with van der Waals surface area (Å²) >= 11 is 1.90. The van der Waals surface area contributed by atoms with Crippen molar-refractivity contribution >= 4 is 38.5 Å². The van der Waals surface area contributed by atoms with E-state index in [0.29, 0.717) is 22.3 Å². The summed E-state index contributed by atoms with van der Waals surface area (Å²) in [5.41, 5.74) is 6.03. The highest BCUT2D eigenvalue weighted by Crippen LogP contribution is 2.24. The monoisotopic (exact) mass is 413 g/mol. The molecule has 1 saturated heterocycles. The van der Waals surface area contributed by atoms with Crippen LogP contribution in [0.4, 0.5) is 10.1 Å². The largest absolute Gasteiger partial charge is 0.329 e. The van der Waals surface area contributed by atoms with Crippen molar-refractivity contribution in [2.24, 2.45) is 5.73 Å². The minimum atomic E-state index is -3.66. The first-order chi connectivity index (χ1) is 9.44. The SMILES string of the molecule is NCC1CCCCN1S(=O)(=O)Nc1ccc(F)cc1I. The number of rotatable bonds is 4. The summed E-state index contributed by atoms with van der Waals surface area (Å²) in [6, 6.07) is 3.78.